The molecule has 0 spiro atoms. The van der Waals surface area contributed by atoms with Gasteiger partial charge in [-0.15, -0.1) is 0 Å². The molecule has 1 aliphatic heterocycles. The molecule has 34 heavy (non-hydrogen) atoms. The van der Waals surface area contributed by atoms with Gasteiger partial charge in [-0.1, -0.05) is 0 Å². The maximum Gasteiger partial charge on any atom is 0.239 e. The fraction of sp³-hybridized carbons (Fsp3) is 0.652. The summed E-state index contributed by atoms with van der Waals surface area (Å²) in [6.45, 7) is 2.02. The molecule has 5 aliphatic rings. The van der Waals surface area contributed by atoms with E-state index in [0.29, 0.717) is 31.2 Å². The van der Waals surface area contributed by atoms with Gasteiger partial charge in [0.05, 0.1) is 5.69 Å². The lowest BCUT2D eigenvalue weighted by atomic mass is 9.47. The van der Waals surface area contributed by atoms with Crippen molar-refractivity contribution >= 4 is 28.5 Å². The van der Waals surface area contributed by atoms with Gasteiger partial charge in [-0.25, -0.2) is 8.78 Å². The molecule has 5 fully saturated rings. The average Bonchev–Trinajstić information content (AvgIpc) is 2.75. The third-order valence-corrected chi connectivity index (χ3v) is 10.5. The van der Waals surface area contributed by atoms with E-state index in [0.717, 1.165) is 29.6 Å². The Labute approximate surface area is 199 Å². The fourth-order valence-electron chi connectivity index (χ4n) is 7.06. The summed E-state index contributed by atoms with van der Waals surface area (Å²) in [4.78, 5) is 25.5. The zero-order chi connectivity index (χ0) is 24.4. The van der Waals surface area contributed by atoms with Crippen LogP contribution in [0.15, 0.2) is 18.2 Å². The van der Waals surface area contributed by atoms with E-state index in [9.17, 15) is 27.5 Å². The second kappa shape index (κ2) is 8.32. The minimum atomic E-state index is -3.70. The molecule has 3 unspecified atom stereocenters. The highest BCUT2D eigenvalue weighted by atomic mass is 32.3. The molecule has 1 heterocycles. The third-order valence-electron chi connectivity index (χ3n) is 8.44. The predicted octanol–water partition coefficient (Wildman–Crippen LogP) is 3.24. The normalized spacial score (nSPS) is 36.2. The standard InChI is InChI=1S/C23H32F2N4O4S/c1-13(28-5-2-6-29(34(28,32)33)19-4-3-17(24)9-18(19)25)21(30)27-20-15-7-14-8-16(20)12-23(10-14,11-15)22(26)31/h3-4,9,13-16,20,32-33H,2,5-8,10-12H2,1H3,(H2,26,31)(H,27,30). The Kier molecular flexibility index (Phi) is 5.82. The number of amides is 2. The topological polar surface area (TPSA) is 119 Å². The summed E-state index contributed by atoms with van der Waals surface area (Å²) in [6.07, 6.45) is 4.61. The van der Waals surface area contributed by atoms with Gasteiger partial charge in [-0.2, -0.15) is 4.31 Å². The number of rotatable bonds is 5. The lowest BCUT2D eigenvalue weighted by Crippen LogP contribution is -2.63. The van der Waals surface area contributed by atoms with E-state index in [-0.39, 0.29) is 48.5 Å². The summed E-state index contributed by atoms with van der Waals surface area (Å²) in [5.41, 5.74) is 5.19. The van der Waals surface area contributed by atoms with Crippen molar-refractivity contribution in [2.24, 2.45) is 28.9 Å². The van der Waals surface area contributed by atoms with Gasteiger partial charge in [0.2, 0.25) is 11.8 Å². The summed E-state index contributed by atoms with van der Waals surface area (Å²) < 4.78 is 52.3. The number of nitrogens with two attached hydrogens (primary N) is 1. The van der Waals surface area contributed by atoms with Gasteiger partial charge >= 0.3 is 0 Å². The number of hydrogen-bond donors (Lipinski definition) is 4. The first-order valence-corrected chi connectivity index (χ1v) is 13.4. The number of benzene rings is 1. The average molecular weight is 499 g/mol. The molecule has 2 amide bonds. The van der Waals surface area contributed by atoms with Gasteiger partial charge in [0.25, 0.3) is 0 Å². The first-order valence-electron chi connectivity index (χ1n) is 11.9. The number of primary amides is 1. The van der Waals surface area contributed by atoms with Crippen molar-refractivity contribution in [1.82, 2.24) is 9.62 Å². The molecule has 188 valence electrons. The molecule has 4 bridgehead atoms. The Morgan fingerprint density at radius 1 is 1.18 bits per heavy atom. The monoisotopic (exact) mass is 498 g/mol. The Bertz CT molecular complexity index is 995. The van der Waals surface area contributed by atoms with Crippen molar-refractivity contribution in [3.63, 3.8) is 0 Å². The van der Waals surface area contributed by atoms with Crippen molar-refractivity contribution in [2.45, 2.75) is 57.5 Å². The van der Waals surface area contributed by atoms with Crippen LogP contribution in [0.5, 0.6) is 0 Å². The van der Waals surface area contributed by atoms with E-state index in [2.05, 4.69) is 5.32 Å². The molecule has 8 nitrogen and oxygen atoms in total. The van der Waals surface area contributed by atoms with E-state index in [1.54, 1.807) is 6.92 Å². The largest absolute Gasteiger partial charge is 0.369 e. The first-order chi connectivity index (χ1) is 16.0. The van der Waals surface area contributed by atoms with Crippen LogP contribution in [0.4, 0.5) is 14.5 Å². The van der Waals surface area contributed by atoms with Gasteiger partial charge in [0.15, 0.2) is 5.82 Å². The van der Waals surface area contributed by atoms with Crippen LogP contribution in [0.25, 0.3) is 0 Å². The van der Waals surface area contributed by atoms with E-state index in [1.165, 1.54) is 10.4 Å². The number of nitrogens with one attached hydrogen (secondary N) is 1. The quantitative estimate of drug-likeness (QED) is 0.495. The molecule has 1 saturated heterocycles. The summed E-state index contributed by atoms with van der Waals surface area (Å²) in [5.74, 6) is -1.39. The predicted molar refractivity (Wildman–Crippen MR) is 124 cm³/mol. The minimum Gasteiger partial charge on any atom is -0.369 e. The molecular formula is C23H32F2N4O4S. The van der Waals surface area contributed by atoms with E-state index in [4.69, 9.17) is 5.73 Å². The number of hydrogen-bond acceptors (Lipinski definition) is 6. The maximum absolute atomic E-state index is 14.4. The Hall–Kier alpha value is -1.95. The summed E-state index contributed by atoms with van der Waals surface area (Å²) in [7, 11) is -3.70. The Balaban J connectivity index is 1.31. The molecule has 3 atom stereocenters. The maximum atomic E-state index is 14.4. The second-order valence-corrected chi connectivity index (χ2v) is 12.4. The smallest absolute Gasteiger partial charge is 0.239 e. The lowest BCUT2D eigenvalue weighted by Gasteiger charge is -2.59. The van der Waals surface area contributed by atoms with E-state index < -0.39 is 34.1 Å². The van der Waals surface area contributed by atoms with Crippen LogP contribution in [0.2, 0.25) is 0 Å². The highest BCUT2D eigenvalue weighted by molar-refractivity contribution is 8.23. The van der Waals surface area contributed by atoms with Crippen LogP contribution >= 0.6 is 11.0 Å². The van der Waals surface area contributed by atoms with Gasteiger partial charge in [-0.05, 0) is 86.3 Å². The molecule has 11 heteroatoms. The van der Waals surface area contributed by atoms with Crippen LogP contribution in [0.1, 0.15) is 45.4 Å². The zero-order valence-electron chi connectivity index (χ0n) is 19.1. The molecule has 1 aromatic rings. The van der Waals surface area contributed by atoms with Crippen molar-refractivity contribution in [1.29, 1.82) is 0 Å². The molecule has 1 aromatic carbocycles. The van der Waals surface area contributed by atoms with Crippen LogP contribution in [-0.2, 0) is 9.59 Å². The second-order valence-electron chi connectivity index (χ2n) is 10.5. The first kappa shape index (κ1) is 23.8. The number of carbonyl (C=O) groups is 2. The van der Waals surface area contributed by atoms with Crippen LogP contribution in [-0.4, -0.2) is 50.4 Å². The van der Waals surface area contributed by atoms with Crippen molar-refractivity contribution in [2.75, 3.05) is 17.4 Å². The summed E-state index contributed by atoms with van der Waals surface area (Å²) in [6, 6.07) is 1.99. The molecular weight excluding hydrogens is 466 g/mol. The van der Waals surface area contributed by atoms with Gasteiger partial charge < -0.3 is 11.1 Å². The zero-order valence-corrected chi connectivity index (χ0v) is 19.9. The van der Waals surface area contributed by atoms with Gasteiger partial charge in [0.1, 0.15) is 11.9 Å². The van der Waals surface area contributed by atoms with Crippen LogP contribution in [0, 0.1) is 34.8 Å². The van der Waals surface area contributed by atoms with Crippen LogP contribution in [0.3, 0.4) is 0 Å². The van der Waals surface area contributed by atoms with Crippen molar-refractivity contribution in [3.8, 4) is 0 Å². The molecule has 4 aliphatic carbocycles. The summed E-state index contributed by atoms with van der Waals surface area (Å²) in [5, 5.41) is 3.14. The molecule has 5 N–H and O–H groups in total. The highest BCUT2D eigenvalue weighted by Gasteiger charge is 2.58. The Morgan fingerprint density at radius 3 is 2.47 bits per heavy atom. The lowest BCUT2D eigenvalue weighted by molar-refractivity contribution is -0.147. The van der Waals surface area contributed by atoms with E-state index >= 15 is 0 Å². The van der Waals surface area contributed by atoms with Gasteiger partial charge in [-0.3, -0.25) is 23.0 Å². The minimum absolute atomic E-state index is 0.0730. The number of carbonyl (C=O) groups excluding carboxylic acids is 2. The SMILES string of the molecule is CC(C(=O)NC1C2CC3CC1CC(C(N)=O)(C3)C2)N1CCCN(c2ccc(F)cc2F)S1(O)O. The number of halogens is 2. The fourth-order valence-corrected chi connectivity index (χ4v) is 8.99. The van der Waals surface area contributed by atoms with Crippen molar-refractivity contribution < 1.29 is 27.5 Å². The molecule has 0 radical (unpaired) electrons. The highest BCUT2D eigenvalue weighted by Crippen LogP contribution is 2.60. The number of anilines is 1. The molecule has 4 saturated carbocycles. The molecule has 6 rings (SSSR count). The Morgan fingerprint density at radius 2 is 1.85 bits per heavy atom. The van der Waals surface area contributed by atoms with Crippen molar-refractivity contribution in [3.05, 3.63) is 29.8 Å². The molecule has 0 aromatic heterocycles. The van der Waals surface area contributed by atoms with Gasteiger partial charge in [0, 0.05) is 30.6 Å². The summed E-state index contributed by atoms with van der Waals surface area (Å²) >= 11 is 0. The number of nitrogens with zero attached hydrogens (tertiary/aromatic N) is 2. The third kappa shape index (κ3) is 3.77. The van der Waals surface area contributed by atoms with Crippen LogP contribution < -0.4 is 15.4 Å². The van der Waals surface area contributed by atoms with E-state index in [1.807, 2.05) is 0 Å².